The molecule has 0 aliphatic carbocycles. The predicted molar refractivity (Wildman–Crippen MR) is 107 cm³/mol. The highest BCUT2D eigenvalue weighted by atomic mass is 35.5. The molecular formula is C20H17ClN4O3. The van der Waals surface area contributed by atoms with E-state index < -0.39 is 5.97 Å². The van der Waals surface area contributed by atoms with Crippen molar-refractivity contribution in [2.75, 3.05) is 17.7 Å². The Morgan fingerprint density at radius 3 is 2.57 bits per heavy atom. The van der Waals surface area contributed by atoms with Crippen LogP contribution in [-0.2, 0) is 4.74 Å². The fourth-order valence-corrected chi connectivity index (χ4v) is 2.68. The SMILES string of the molecule is COC(=O)c1cccc(Nc2cnc(C(=O)Nc3ccc(Cl)cc3C)cn2)c1. The number of ether oxygens (including phenoxy) is 1. The maximum atomic E-state index is 12.4. The number of benzene rings is 2. The summed E-state index contributed by atoms with van der Waals surface area (Å²) < 4.78 is 4.70. The maximum Gasteiger partial charge on any atom is 0.337 e. The highest BCUT2D eigenvalue weighted by Gasteiger charge is 2.11. The summed E-state index contributed by atoms with van der Waals surface area (Å²) >= 11 is 5.92. The largest absolute Gasteiger partial charge is 0.465 e. The van der Waals surface area contributed by atoms with Crippen molar-refractivity contribution in [3.8, 4) is 0 Å². The highest BCUT2D eigenvalue weighted by Crippen LogP contribution is 2.20. The van der Waals surface area contributed by atoms with Crippen molar-refractivity contribution in [2.24, 2.45) is 0 Å². The number of amides is 1. The first-order chi connectivity index (χ1) is 13.5. The van der Waals surface area contributed by atoms with Crippen LogP contribution in [0.1, 0.15) is 26.4 Å². The molecular weight excluding hydrogens is 380 g/mol. The van der Waals surface area contributed by atoms with E-state index in [4.69, 9.17) is 16.3 Å². The molecule has 8 heteroatoms. The van der Waals surface area contributed by atoms with Crippen LogP contribution in [0.4, 0.5) is 17.2 Å². The number of halogens is 1. The number of nitrogens with one attached hydrogen (secondary N) is 2. The van der Waals surface area contributed by atoms with Gasteiger partial charge in [-0.25, -0.2) is 14.8 Å². The van der Waals surface area contributed by atoms with Crippen LogP contribution in [0.15, 0.2) is 54.9 Å². The molecule has 0 aliphatic heterocycles. The van der Waals surface area contributed by atoms with E-state index >= 15 is 0 Å². The molecule has 0 atom stereocenters. The lowest BCUT2D eigenvalue weighted by molar-refractivity contribution is 0.0600. The standard InChI is InChI=1S/C20H17ClN4O3/c1-12-8-14(21)6-7-16(12)25-19(26)17-10-23-18(11-22-17)24-15-5-3-4-13(9-15)20(27)28-2/h3-11H,1-2H3,(H,23,24)(H,25,26). The molecule has 0 aliphatic rings. The van der Waals surface area contributed by atoms with Gasteiger partial charge in [0.15, 0.2) is 0 Å². The minimum absolute atomic E-state index is 0.170. The zero-order valence-electron chi connectivity index (χ0n) is 15.2. The molecule has 0 radical (unpaired) electrons. The van der Waals surface area contributed by atoms with Crippen molar-refractivity contribution in [3.05, 3.63) is 76.7 Å². The number of rotatable bonds is 5. The van der Waals surface area contributed by atoms with Crippen LogP contribution in [0.3, 0.4) is 0 Å². The summed E-state index contributed by atoms with van der Waals surface area (Å²) in [7, 11) is 1.32. The minimum Gasteiger partial charge on any atom is -0.465 e. The zero-order valence-corrected chi connectivity index (χ0v) is 15.9. The van der Waals surface area contributed by atoms with E-state index in [1.54, 1.807) is 42.5 Å². The van der Waals surface area contributed by atoms with Crippen molar-refractivity contribution < 1.29 is 14.3 Å². The summed E-state index contributed by atoms with van der Waals surface area (Å²) in [6.07, 6.45) is 2.81. The Kier molecular flexibility index (Phi) is 5.86. The lowest BCUT2D eigenvalue weighted by atomic mass is 10.2. The molecule has 0 saturated carbocycles. The second kappa shape index (κ2) is 8.49. The summed E-state index contributed by atoms with van der Waals surface area (Å²) in [5, 5.41) is 6.40. The summed E-state index contributed by atoms with van der Waals surface area (Å²) in [6, 6.07) is 12.0. The molecule has 1 heterocycles. The first-order valence-corrected chi connectivity index (χ1v) is 8.69. The van der Waals surface area contributed by atoms with Gasteiger partial charge in [-0.3, -0.25) is 4.79 Å². The van der Waals surface area contributed by atoms with Gasteiger partial charge in [0, 0.05) is 16.4 Å². The number of carbonyl (C=O) groups is 2. The molecule has 7 nitrogen and oxygen atoms in total. The number of aromatic nitrogens is 2. The van der Waals surface area contributed by atoms with E-state index in [-0.39, 0.29) is 11.6 Å². The van der Waals surface area contributed by atoms with Crippen LogP contribution in [0.5, 0.6) is 0 Å². The third-order valence-electron chi connectivity index (χ3n) is 3.88. The number of hydrogen-bond donors (Lipinski definition) is 2. The van der Waals surface area contributed by atoms with Gasteiger partial charge in [0.05, 0.1) is 25.1 Å². The fourth-order valence-electron chi connectivity index (χ4n) is 2.45. The molecule has 1 amide bonds. The number of anilines is 3. The first kappa shape index (κ1) is 19.3. The van der Waals surface area contributed by atoms with Gasteiger partial charge in [0.2, 0.25) is 0 Å². The normalized spacial score (nSPS) is 10.2. The molecule has 0 fully saturated rings. The van der Waals surface area contributed by atoms with Gasteiger partial charge in [-0.1, -0.05) is 17.7 Å². The molecule has 2 N–H and O–H groups in total. The van der Waals surface area contributed by atoms with Gasteiger partial charge in [-0.05, 0) is 48.9 Å². The molecule has 1 aromatic heterocycles. The molecule has 142 valence electrons. The summed E-state index contributed by atoms with van der Waals surface area (Å²) in [4.78, 5) is 32.3. The third kappa shape index (κ3) is 4.63. The summed E-state index contributed by atoms with van der Waals surface area (Å²) in [5.41, 5.74) is 2.72. The van der Waals surface area contributed by atoms with Crippen molar-refractivity contribution in [3.63, 3.8) is 0 Å². The quantitative estimate of drug-likeness (QED) is 0.627. The molecule has 2 aromatic carbocycles. The fraction of sp³-hybridized carbons (Fsp3) is 0.100. The maximum absolute atomic E-state index is 12.4. The number of methoxy groups -OCH3 is 1. The number of aryl methyl sites for hydroxylation is 1. The lowest BCUT2D eigenvalue weighted by Gasteiger charge is -2.09. The number of carbonyl (C=O) groups excluding carboxylic acids is 2. The van der Waals surface area contributed by atoms with Gasteiger partial charge >= 0.3 is 5.97 Å². The second-order valence-electron chi connectivity index (χ2n) is 5.90. The lowest BCUT2D eigenvalue weighted by Crippen LogP contribution is -2.15. The number of hydrogen-bond acceptors (Lipinski definition) is 6. The third-order valence-corrected chi connectivity index (χ3v) is 4.11. The Bertz CT molecular complexity index is 1020. The monoisotopic (exact) mass is 396 g/mol. The first-order valence-electron chi connectivity index (χ1n) is 8.31. The molecule has 0 saturated heterocycles. The van der Waals surface area contributed by atoms with Crippen LogP contribution in [0.25, 0.3) is 0 Å². The van der Waals surface area contributed by atoms with Gasteiger partial charge in [-0.15, -0.1) is 0 Å². The van der Waals surface area contributed by atoms with Crippen LogP contribution in [0.2, 0.25) is 5.02 Å². The predicted octanol–water partition coefficient (Wildman–Crippen LogP) is 4.22. The Labute approximate surface area is 166 Å². The van der Waals surface area contributed by atoms with E-state index in [2.05, 4.69) is 20.6 Å². The zero-order chi connectivity index (χ0) is 20.1. The van der Waals surface area contributed by atoms with Crippen molar-refractivity contribution in [2.45, 2.75) is 6.92 Å². The van der Waals surface area contributed by atoms with E-state index in [9.17, 15) is 9.59 Å². The Morgan fingerprint density at radius 1 is 1.07 bits per heavy atom. The van der Waals surface area contributed by atoms with Gasteiger partial charge in [-0.2, -0.15) is 0 Å². The van der Waals surface area contributed by atoms with E-state index in [0.717, 1.165) is 5.56 Å². The molecule has 0 spiro atoms. The van der Waals surface area contributed by atoms with Gasteiger partial charge in [0.25, 0.3) is 5.91 Å². The summed E-state index contributed by atoms with van der Waals surface area (Å²) in [6.45, 7) is 1.85. The number of esters is 1. The van der Waals surface area contributed by atoms with Crippen LogP contribution < -0.4 is 10.6 Å². The van der Waals surface area contributed by atoms with Crippen LogP contribution >= 0.6 is 11.6 Å². The topological polar surface area (TPSA) is 93.2 Å². The van der Waals surface area contributed by atoms with Crippen LogP contribution in [0, 0.1) is 6.92 Å². The Balaban J connectivity index is 1.69. The molecule has 0 unspecified atom stereocenters. The Hall–Kier alpha value is -3.45. The van der Waals surface area contributed by atoms with Crippen molar-refractivity contribution >= 4 is 40.7 Å². The van der Waals surface area contributed by atoms with E-state index in [1.165, 1.54) is 19.5 Å². The number of nitrogens with zero attached hydrogens (tertiary/aromatic N) is 2. The van der Waals surface area contributed by atoms with Crippen LogP contribution in [-0.4, -0.2) is 29.0 Å². The minimum atomic E-state index is -0.431. The average Bonchev–Trinajstić information content (AvgIpc) is 2.70. The molecule has 3 aromatic rings. The van der Waals surface area contributed by atoms with Gasteiger partial charge < -0.3 is 15.4 Å². The summed E-state index contributed by atoms with van der Waals surface area (Å²) in [5.74, 6) is -0.377. The van der Waals surface area contributed by atoms with Gasteiger partial charge in [0.1, 0.15) is 11.5 Å². The second-order valence-corrected chi connectivity index (χ2v) is 6.33. The average molecular weight is 397 g/mol. The molecule has 3 rings (SSSR count). The highest BCUT2D eigenvalue weighted by molar-refractivity contribution is 6.30. The molecule has 0 bridgehead atoms. The Morgan fingerprint density at radius 2 is 1.89 bits per heavy atom. The van der Waals surface area contributed by atoms with Crippen molar-refractivity contribution in [1.29, 1.82) is 0 Å². The molecule has 28 heavy (non-hydrogen) atoms. The van der Waals surface area contributed by atoms with E-state index in [0.29, 0.717) is 27.8 Å². The smallest absolute Gasteiger partial charge is 0.337 e. The van der Waals surface area contributed by atoms with Crippen molar-refractivity contribution in [1.82, 2.24) is 9.97 Å². The van der Waals surface area contributed by atoms with E-state index in [1.807, 2.05) is 6.92 Å².